The summed E-state index contributed by atoms with van der Waals surface area (Å²) in [4.78, 5) is 0. The minimum Gasteiger partial charge on any atom is -0.463 e. The first-order valence-electron chi connectivity index (χ1n) is 12.3. The molecule has 2 saturated carbocycles. The molecule has 0 bridgehead atoms. The van der Waals surface area contributed by atoms with Crippen LogP contribution in [0.1, 0.15) is 106 Å². The van der Waals surface area contributed by atoms with Gasteiger partial charge in [0, 0.05) is 0 Å². The zero-order chi connectivity index (χ0) is 21.6. The van der Waals surface area contributed by atoms with E-state index in [2.05, 4.69) is 19.1 Å². The molecule has 3 heteroatoms. The van der Waals surface area contributed by atoms with Crippen LogP contribution >= 0.6 is 0 Å². The molecule has 2 fully saturated rings. The number of hydrogen-bond donors (Lipinski definition) is 0. The van der Waals surface area contributed by atoms with Gasteiger partial charge in [-0.25, -0.2) is 8.78 Å². The van der Waals surface area contributed by atoms with Crippen molar-refractivity contribution >= 4 is 0 Å². The Labute approximate surface area is 186 Å². The largest absolute Gasteiger partial charge is 0.463 e. The molecule has 2 aliphatic rings. The van der Waals surface area contributed by atoms with E-state index in [0.29, 0.717) is 23.5 Å². The fourth-order valence-electron chi connectivity index (χ4n) is 5.96. The summed E-state index contributed by atoms with van der Waals surface area (Å²) in [6, 6.07) is 13.9. The van der Waals surface area contributed by atoms with Crippen LogP contribution in [-0.2, 0) is 0 Å². The first-order chi connectivity index (χ1) is 15.2. The van der Waals surface area contributed by atoms with E-state index in [1.165, 1.54) is 49.7 Å². The quantitative estimate of drug-likeness (QED) is 0.430. The van der Waals surface area contributed by atoms with E-state index in [9.17, 15) is 4.39 Å². The van der Waals surface area contributed by atoms with Gasteiger partial charge in [-0.05, 0) is 110 Å². The standard InChI is InChI=1S/C28H36F2O/c1-2-3-20-4-6-23(7-5-20)25-14-17-27(28(30)18-25)24-10-8-21(9-11-24)22-12-15-26(16-13-22)31-19-29/h12-18,20-21,23-24H,2-11,19H2,1H3. The molecular formula is C28H36F2O. The topological polar surface area (TPSA) is 9.23 Å². The molecule has 2 aromatic rings. The zero-order valence-electron chi connectivity index (χ0n) is 18.8. The highest BCUT2D eigenvalue weighted by atomic mass is 19.1. The third kappa shape index (κ3) is 5.48. The van der Waals surface area contributed by atoms with E-state index in [-0.39, 0.29) is 5.82 Å². The second kappa shape index (κ2) is 10.6. The van der Waals surface area contributed by atoms with Crippen molar-refractivity contribution < 1.29 is 13.5 Å². The second-order valence-electron chi connectivity index (χ2n) is 9.66. The Morgan fingerprint density at radius 3 is 1.97 bits per heavy atom. The Balaban J connectivity index is 1.33. The Kier molecular flexibility index (Phi) is 7.63. The van der Waals surface area contributed by atoms with E-state index in [4.69, 9.17) is 4.74 Å². The molecule has 4 rings (SSSR count). The van der Waals surface area contributed by atoms with E-state index < -0.39 is 6.86 Å². The van der Waals surface area contributed by atoms with Crippen molar-refractivity contribution in [2.45, 2.75) is 88.9 Å². The molecular weight excluding hydrogens is 390 g/mol. The minimum absolute atomic E-state index is 0.00403. The van der Waals surface area contributed by atoms with Crippen molar-refractivity contribution in [3.8, 4) is 5.75 Å². The predicted molar refractivity (Wildman–Crippen MR) is 123 cm³/mol. The number of ether oxygens (including phenoxy) is 1. The Hall–Kier alpha value is -1.90. The van der Waals surface area contributed by atoms with E-state index in [0.717, 1.165) is 37.2 Å². The van der Waals surface area contributed by atoms with Gasteiger partial charge in [0.2, 0.25) is 6.86 Å². The fourth-order valence-corrected chi connectivity index (χ4v) is 5.96. The summed E-state index contributed by atoms with van der Waals surface area (Å²) in [7, 11) is 0. The van der Waals surface area contributed by atoms with Crippen molar-refractivity contribution in [2.24, 2.45) is 5.92 Å². The normalized spacial score (nSPS) is 26.5. The minimum atomic E-state index is -0.797. The highest BCUT2D eigenvalue weighted by Crippen LogP contribution is 2.43. The van der Waals surface area contributed by atoms with Crippen LogP contribution in [-0.4, -0.2) is 6.86 Å². The highest BCUT2D eigenvalue weighted by molar-refractivity contribution is 5.32. The monoisotopic (exact) mass is 426 g/mol. The van der Waals surface area contributed by atoms with Gasteiger partial charge in [-0.1, -0.05) is 44.0 Å². The lowest BCUT2D eigenvalue weighted by atomic mass is 9.74. The summed E-state index contributed by atoms with van der Waals surface area (Å²) in [5.74, 6) is 2.81. The third-order valence-electron chi connectivity index (χ3n) is 7.78. The molecule has 0 aliphatic heterocycles. The van der Waals surface area contributed by atoms with Gasteiger partial charge in [0.05, 0.1) is 0 Å². The Bertz CT molecular complexity index is 815. The van der Waals surface area contributed by atoms with Gasteiger partial charge >= 0.3 is 0 Å². The molecule has 0 atom stereocenters. The number of rotatable bonds is 7. The van der Waals surface area contributed by atoms with E-state index in [1.54, 1.807) is 0 Å². The summed E-state index contributed by atoms with van der Waals surface area (Å²) in [6.45, 7) is 1.47. The van der Waals surface area contributed by atoms with Gasteiger partial charge in [-0.2, -0.15) is 0 Å². The average molecular weight is 427 g/mol. The first-order valence-corrected chi connectivity index (χ1v) is 12.3. The molecule has 0 radical (unpaired) electrons. The third-order valence-corrected chi connectivity index (χ3v) is 7.78. The van der Waals surface area contributed by atoms with Crippen LogP contribution in [0, 0.1) is 11.7 Å². The molecule has 1 nitrogen and oxygen atoms in total. The SMILES string of the molecule is CCCC1CCC(c2ccc(C3CCC(c4ccc(OCF)cc4)CC3)c(F)c2)CC1. The van der Waals surface area contributed by atoms with Crippen LogP contribution in [0.15, 0.2) is 42.5 Å². The molecule has 31 heavy (non-hydrogen) atoms. The van der Waals surface area contributed by atoms with Gasteiger partial charge in [0.15, 0.2) is 0 Å². The zero-order valence-corrected chi connectivity index (χ0v) is 18.8. The molecule has 0 spiro atoms. The maximum Gasteiger partial charge on any atom is 0.228 e. The summed E-state index contributed by atoms with van der Waals surface area (Å²) in [5, 5.41) is 0. The Morgan fingerprint density at radius 1 is 0.774 bits per heavy atom. The number of benzene rings is 2. The average Bonchev–Trinajstić information content (AvgIpc) is 2.81. The number of halogens is 2. The molecule has 2 aliphatic carbocycles. The molecule has 0 N–H and O–H groups in total. The van der Waals surface area contributed by atoms with Gasteiger partial charge in [-0.3, -0.25) is 0 Å². The van der Waals surface area contributed by atoms with E-state index in [1.807, 2.05) is 30.3 Å². The molecule has 0 heterocycles. The molecule has 2 aromatic carbocycles. The van der Waals surface area contributed by atoms with Gasteiger partial charge < -0.3 is 4.74 Å². The molecule has 0 saturated heterocycles. The van der Waals surface area contributed by atoms with Crippen molar-refractivity contribution in [3.63, 3.8) is 0 Å². The summed E-state index contributed by atoms with van der Waals surface area (Å²) in [6.07, 6.45) is 11.8. The highest BCUT2D eigenvalue weighted by Gasteiger charge is 2.27. The molecule has 0 unspecified atom stereocenters. The number of hydrogen-bond acceptors (Lipinski definition) is 1. The van der Waals surface area contributed by atoms with Gasteiger partial charge in [0.25, 0.3) is 0 Å². The summed E-state index contributed by atoms with van der Waals surface area (Å²) in [5.41, 5.74) is 3.40. The van der Waals surface area contributed by atoms with Crippen LogP contribution in [0.25, 0.3) is 0 Å². The van der Waals surface area contributed by atoms with Crippen molar-refractivity contribution in [3.05, 3.63) is 65.0 Å². The Morgan fingerprint density at radius 2 is 1.35 bits per heavy atom. The molecule has 0 aromatic heterocycles. The van der Waals surface area contributed by atoms with Gasteiger partial charge in [0.1, 0.15) is 11.6 Å². The van der Waals surface area contributed by atoms with Crippen LogP contribution in [0.3, 0.4) is 0 Å². The van der Waals surface area contributed by atoms with Crippen LogP contribution in [0.4, 0.5) is 8.78 Å². The van der Waals surface area contributed by atoms with E-state index >= 15 is 4.39 Å². The van der Waals surface area contributed by atoms with Crippen molar-refractivity contribution in [1.82, 2.24) is 0 Å². The lowest BCUT2D eigenvalue weighted by Crippen LogP contribution is -2.15. The first kappa shape index (κ1) is 22.3. The predicted octanol–water partition coefficient (Wildman–Crippen LogP) is 8.65. The van der Waals surface area contributed by atoms with Crippen LogP contribution < -0.4 is 4.74 Å². The lowest BCUT2D eigenvalue weighted by Gasteiger charge is -2.31. The second-order valence-corrected chi connectivity index (χ2v) is 9.66. The van der Waals surface area contributed by atoms with Crippen molar-refractivity contribution in [1.29, 1.82) is 0 Å². The smallest absolute Gasteiger partial charge is 0.228 e. The molecule has 0 amide bonds. The van der Waals surface area contributed by atoms with Crippen LogP contribution in [0.2, 0.25) is 0 Å². The lowest BCUT2D eigenvalue weighted by molar-refractivity contribution is 0.191. The maximum atomic E-state index is 15.1. The van der Waals surface area contributed by atoms with Crippen LogP contribution in [0.5, 0.6) is 5.75 Å². The van der Waals surface area contributed by atoms with Crippen molar-refractivity contribution in [2.75, 3.05) is 6.86 Å². The summed E-state index contributed by atoms with van der Waals surface area (Å²) >= 11 is 0. The van der Waals surface area contributed by atoms with Gasteiger partial charge in [-0.15, -0.1) is 0 Å². The molecule has 168 valence electrons. The summed E-state index contributed by atoms with van der Waals surface area (Å²) < 4.78 is 32.3. The number of alkyl halides is 1. The fraction of sp³-hybridized carbons (Fsp3) is 0.571. The maximum absolute atomic E-state index is 15.1.